The Balaban J connectivity index is 1.66. The molecule has 202 valence electrons. The van der Waals surface area contributed by atoms with Crippen LogP contribution in [0.25, 0.3) is 0 Å². The van der Waals surface area contributed by atoms with Gasteiger partial charge in [-0.3, -0.25) is 19.2 Å². The molecule has 0 spiro atoms. The molecule has 2 unspecified atom stereocenters. The van der Waals surface area contributed by atoms with E-state index >= 15 is 0 Å². The van der Waals surface area contributed by atoms with Gasteiger partial charge in [0.2, 0.25) is 5.91 Å². The summed E-state index contributed by atoms with van der Waals surface area (Å²) in [5.41, 5.74) is 0.592. The van der Waals surface area contributed by atoms with Crippen LogP contribution in [0.2, 0.25) is 0 Å². The summed E-state index contributed by atoms with van der Waals surface area (Å²) in [6.07, 6.45) is -2.18. The zero-order chi connectivity index (χ0) is 28.1. The zero-order valence-corrected chi connectivity index (χ0v) is 20.5. The first kappa shape index (κ1) is 27.4. The Hall–Kier alpha value is -4.67. The lowest BCUT2D eigenvalue weighted by molar-refractivity contribution is -0.142. The molecular formula is C28H24F3N3O5. The Morgan fingerprint density at radius 3 is 2.08 bits per heavy atom. The second kappa shape index (κ2) is 11.8. The third-order valence-electron chi connectivity index (χ3n) is 6.26. The van der Waals surface area contributed by atoms with Crippen LogP contribution >= 0.6 is 0 Å². The lowest BCUT2D eigenvalue weighted by atomic mass is 10.0. The molecule has 0 bridgehead atoms. The fourth-order valence-electron chi connectivity index (χ4n) is 4.47. The summed E-state index contributed by atoms with van der Waals surface area (Å²) in [6.45, 7) is -0.164. The van der Waals surface area contributed by atoms with E-state index in [2.05, 4.69) is 5.32 Å². The molecule has 39 heavy (non-hydrogen) atoms. The van der Waals surface area contributed by atoms with Gasteiger partial charge in [-0.25, -0.2) is 13.2 Å². The van der Waals surface area contributed by atoms with E-state index in [1.807, 2.05) is 0 Å². The molecule has 8 nitrogen and oxygen atoms in total. The standard InChI is InChI=1S/C28H24F3N3O5/c29-20-8-6-18(7-9-20)23(16-25(36)37)32-26(38)27-33(24(35)12-17-4-2-1-3-5-17)10-11-34(27)28(39)19-13-21(30)15-22(31)14-19/h1-9,13-15,23,27H,10-12,16H2,(H,32,38)(H,36,37). The van der Waals surface area contributed by atoms with Crippen LogP contribution in [0, 0.1) is 17.5 Å². The van der Waals surface area contributed by atoms with Gasteiger partial charge in [-0.05, 0) is 35.4 Å². The summed E-state index contributed by atoms with van der Waals surface area (Å²) in [7, 11) is 0. The Morgan fingerprint density at radius 2 is 1.46 bits per heavy atom. The molecule has 0 radical (unpaired) electrons. The minimum atomic E-state index is -1.53. The van der Waals surface area contributed by atoms with Crippen LogP contribution < -0.4 is 5.32 Å². The first-order valence-electron chi connectivity index (χ1n) is 12.0. The third-order valence-corrected chi connectivity index (χ3v) is 6.26. The predicted molar refractivity (Wildman–Crippen MR) is 133 cm³/mol. The molecule has 3 aromatic rings. The average molecular weight is 540 g/mol. The van der Waals surface area contributed by atoms with E-state index in [0.29, 0.717) is 11.6 Å². The summed E-state index contributed by atoms with van der Waals surface area (Å²) in [5.74, 6) is -6.06. The second-order valence-corrected chi connectivity index (χ2v) is 8.99. The lowest BCUT2D eigenvalue weighted by Crippen LogP contribution is -2.54. The summed E-state index contributed by atoms with van der Waals surface area (Å²) in [6, 6.07) is 14.7. The van der Waals surface area contributed by atoms with Gasteiger partial charge >= 0.3 is 5.97 Å². The summed E-state index contributed by atoms with van der Waals surface area (Å²) >= 11 is 0. The first-order chi connectivity index (χ1) is 18.6. The van der Waals surface area contributed by atoms with Crippen LogP contribution in [0.4, 0.5) is 13.2 Å². The third kappa shape index (κ3) is 6.61. The summed E-state index contributed by atoms with van der Waals surface area (Å²) < 4.78 is 41.2. The molecule has 1 aliphatic rings. The van der Waals surface area contributed by atoms with Crippen LogP contribution in [0.3, 0.4) is 0 Å². The van der Waals surface area contributed by atoms with E-state index in [4.69, 9.17) is 0 Å². The number of hydrogen-bond donors (Lipinski definition) is 2. The SMILES string of the molecule is O=C(O)CC(NC(=O)C1N(C(=O)Cc2ccccc2)CCN1C(=O)c1cc(F)cc(F)c1)c1ccc(F)cc1. The fourth-order valence-corrected chi connectivity index (χ4v) is 4.47. The molecule has 11 heteroatoms. The average Bonchev–Trinajstić information content (AvgIpc) is 3.34. The zero-order valence-electron chi connectivity index (χ0n) is 20.5. The van der Waals surface area contributed by atoms with Crippen LogP contribution in [0.15, 0.2) is 72.8 Å². The van der Waals surface area contributed by atoms with E-state index in [0.717, 1.165) is 29.2 Å². The van der Waals surface area contributed by atoms with E-state index in [1.165, 1.54) is 17.0 Å². The Labute approximate surface area is 221 Å². The number of nitrogens with one attached hydrogen (secondary N) is 1. The largest absolute Gasteiger partial charge is 0.481 e. The number of carboxylic acids is 1. The Morgan fingerprint density at radius 1 is 0.846 bits per heavy atom. The normalized spacial score (nSPS) is 15.6. The van der Waals surface area contributed by atoms with Gasteiger partial charge in [-0.1, -0.05) is 42.5 Å². The van der Waals surface area contributed by atoms with E-state index in [-0.39, 0.29) is 30.6 Å². The molecule has 4 rings (SSSR count). The highest BCUT2D eigenvalue weighted by Crippen LogP contribution is 2.24. The van der Waals surface area contributed by atoms with Crippen molar-refractivity contribution >= 4 is 23.7 Å². The topological polar surface area (TPSA) is 107 Å². The Bertz CT molecular complexity index is 1360. The minimum absolute atomic E-state index is 0.0482. The molecular weight excluding hydrogens is 515 g/mol. The van der Waals surface area contributed by atoms with Gasteiger partial charge in [0.25, 0.3) is 11.8 Å². The van der Waals surface area contributed by atoms with Gasteiger partial charge in [0.05, 0.1) is 18.9 Å². The number of hydrogen-bond acceptors (Lipinski definition) is 4. The van der Waals surface area contributed by atoms with Crippen LogP contribution in [0.5, 0.6) is 0 Å². The molecule has 0 saturated carbocycles. The number of aliphatic carboxylic acids is 1. The van der Waals surface area contributed by atoms with Crippen molar-refractivity contribution in [1.82, 2.24) is 15.1 Å². The number of rotatable bonds is 8. The summed E-state index contributed by atoms with van der Waals surface area (Å²) in [4.78, 5) is 53.9. The predicted octanol–water partition coefficient (Wildman–Crippen LogP) is 3.29. The molecule has 1 aliphatic heterocycles. The van der Waals surface area contributed by atoms with Crippen molar-refractivity contribution in [2.75, 3.05) is 13.1 Å². The van der Waals surface area contributed by atoms with Gasteiger partial charge in [-0.2, -0.15) is 0 Å². The number of carbonyl (C=O) groups is 4. The van der Waals surface area contributed by atoms with Gasteiger partial charge < -0.3 is 20.2 Å². The van der Waals surface area contributed by atoms with Gasteiger partial charge in [0, 0.05) is 24.7 Å². The quantitative estimate of drug-likeness (QED) is 0.457. The lowest BCUT2D eigenvalue weighted by Gasteiger charge is -2.31. The van der Waals surface area contributed by atoms with Crippen molar-refractivity contribution in [3.05, 3.63) is 107 Å². The highest BCUT2D eigenvalue weighted by Gasteiger charge is 2.43. The highest BCUT2D eigenvalue weighted by molar-refractivity contribution is 5.99. The first-order valence-corrected chi connectivity index (χ1v) is 12.0. The van der Waals surface area contributed by atoms with Gasteiger partial charge in [-0.15, -0.1) is 0 Å². The fraction of sp³-hybridized carbons (Fsp3) is 0.214. The number of amides is 3. The van der Waals surface area contributed by atoms with Crippen LogP contribution in [0.1, 0.15) is 33.9 Å². The number of benzene rings is 3. The molecule has 1 heterocycles. The van der Waals surface area contributed by atoms with Crippen molar-refractivity contribution in [3.8, 4) is 0 Å². The highest BCUT2D eigenvalue weighted by atomic mass is 19.1. The molecule has 2 N–H and O–H groups in total. The van der Waals surface area contributed by atoms with Gasteiger partial charge in [0.15, 0.2) is 6.17 Å². The van der Waals surface area contributed by atoms with Crippen molar-refractivity contribution in [3.63, 3.8) is 0 Å². The minimum Gasteiger partial charge on any atom is -0.481 e. The van der Waals surface area contributed by atoms with E-state index in [1.54, 1.807) is 30.3 Å². The summed E-state index contributed by atoms with van der Waals surface area (Å²) in [5, 5.41) is 12.0. The van der Waals surface area contributed by atoms with E-state index in [9.17, 15) is 37.5 Å². The van der Waals surface area contributed by atoms with Crippen molar-refractivity contribution < 1.29 is 37.5 Å². The Kier molecular flexibility index (Phi) is 8.28. The number of halogens is 3. The maximum atomic E-state index is 13.9. The molecule has 0 aliphatic carbocycles. The smallest absolute Gasteiger partial charge is 0.305 e. The molecule has 1 saturated heterocycles. The maximum absolute atomic E-state index is 13.9. The molecule has 0 aromatic heterocycles. The number of nitrogens with zero attached hydrogens (tertiary/aromatic N) is 2. The number of carbonyl (C=O) groups excluding carboxylic acids is 3. The second-order valence-electron chi connectivity index (χ2n) is 8.99. The molecule has 3 amide bonds. The molecule has 1 fully saturated rings. The molecule has 3 aromatic carbocycles. The van der Waals surface area contributed by atoms with E-state index < -0.39 is 59.8 Å². The van der Waals surface area contributed by atoms with Crippen molar-refractivity contribution in [1.29, 1.82) is 0 Å². The number of carboxylic acid groups (broad SMARTS) is 1. The van der Waals surface area contributed by atoms with Gasteiger partial charge in [0.1, 0.15) is 17.5 Å². The van der Waals surface area contributed by atoms with Crippen molar-refractivity contribution in [2.24, 2.45) is 0 Å². The van der Waals surface area contributed by atoms with Crippen molar-refractivity contribution in [2.45, 2.75) is 25.0 Å². The molecule has 2 atom stereocenters. The maximum Gasteiger partial charge on any atom is 0.305 e. The van der Waals surface area contributed by atoms with Crippen LogP contribution in [-0.2, 0) is 20.8 Å². The monoisotopic (exact) mass is 539 g/mol. The van der Waals surface area contributed by atoms with Crippen LogP contribution in [-0.4, -0.2) is 57.9 Å².